The standard InChI is InChI=1S/C19H19NO/c1-12-8-14(3)17(9-13(12)2)19(21)18-11-20-10-15-6-4-5-7-16(15)18/h4-11,19,21H,1-3H3. The molecule has 3 aromatic rings. The zero-order chi connectivity index (χ0) is 15.0. The first-order chi connectivity index (χ1) is 10.1. The van der Waals surface area contributed by atoms with Crippen LogP contribution in [0.15, 0.2) is 48.8 Å². The van der Waals surface area contributed by atoms with E-state index in [1.54, 1.807) is 6.20 Å². The van der Waals surface area contributed by atoms with Crippen LogP contribution in [0.25, 0.3) is 10.8 Å². The van der Waals surface area contributed by atoms with Crippen molar-refractivity contribution in [2.24, 2.45) is 0 Å². The Kier molecular flexibility index (Phi) is 3.48. The summed E-state index contributed by atoms with van der Waals surface area (Å²) in [7, 11) is 0. The average Bonchev–Trinajstić information content (AvgIpc) is 2.49. The number of aliphatic hydroxyl groups is 1. The lowest BCUT2D eigenvalue weighted by Gasteiger charge is -2.17. The predicted molar refractivity (Wildman–Crippen MR) is 86.5 cm³/mol. The Morgan fingerprint density at radius 1 is 0.857 bits per heavy atom. The van der Waals surface area contributed by atoms with Crippen molar-refractivity contribution >= 4 is 10.8 Å². The molecule has 2 nitrogen and oxygen atoms in total. The number of benzene rings is 2. The molecular formula is C19H19NO. The van der Waals surface area contributed by atoms with Crippen molar-refractivity contribution < 1.29 is 5.11 Å². The van der Waals surface area contributed by atoms with Gasteiger partial charge in [-0.15, -0.1) is 0 Å². The maximum Gasteiger partial charge on any atom is 0.106 e. The summed E-state index contributed by atoms with van der Waals surface area (Å²) in [5.41, 5.74) is 5.37. The minimum absolute atomic E-state index is 0.650. The third kappa shape index (κ3) is 2.43. The molecule has 0 spiro atoms. The van der Waals surface area contributed by atoms with Crippen LogP contribution in [0.2, 0.25) is 0 Å². The fourth-order valence-corrected chi connectivity index (χ4v) is 2.80. The molecule has 0 aliphatic carbocycles. The van der Waals surface area contributed by atoms with Gasteiger partial charge in [0.15, 0.2) is 0 Å². The normalized spacial score (nSPS) is 12.6. The number of pyridine rings is 1. The SMILES string of the molecule is Cc1cc(C)c(C(O)c2cncc3ccccc23)cc1C. The van der Waals surface area contributed by atoms with Gasteiger partial charge in [-0.05, 0) is 48.4 Å². The lowest BCUT2D eigenvalue weighted by molar-refractivity contribution is 0.220. The van der Waals surface area contributed by atoms with Crippen molar-refractivity contribution in [3.63, 3.8) is 0 Å². The Bertz CT molecular complexity index is 803. The molecule has 0 saturated carbocycles. The Hall–Kier alpha value is -2.19. The highest BCUT2D eigenvalue weighted by Crippen LogP contribution is 2.31. The summed E-state index contributed by atoms with van der Waals surface area (Å²) in [6.07, 6.45) is 2.95. The van der Waals surface area contributed by atoms with Gasteiger partial charge in [-0.3, -0.25) is 4.98 Å². The molecule has 2 heteroatoms. The van der Waals surface area contributed by atoms with Gasteiger partial charge in [0.1, 0.15) is 6.10 Å². The Morgan fingerprint density at radius 2 is 1.57 bits per heavy atom. The first-order valence-corrected chi connectivity index (χ1v) is 7.16. The molecule has 106 valence electrons. The molecule has 1 aromatic heterocycles. The van der Waals surface area contributed by atoms with Gasteiger partial charge >= 0.3 is 0 Å². The second-order valence-electron chi connectivity index (χ2n) is 5.65. The number of aryl methyl sites for hydroxylation is 3. The van der Waals surface area contributed by atoms with Crippen molar-refractivity contribution in [1.29, 1.82) is 0 Å². The summed E-state index contributed by atoms with van der Waals surface area (Å²) >= 11 is 0. The monoisotopic (exact) mass is 277 g/mol. The van der Waals surface area contributed by atoms with Crippen molar-refractivity contribution in [3.05, 3.63) is 76.6 Å². The Morgan fingerprint density at radius 3 is 2.38 bits per heavy atom. The van der Waals surface area contributed by atoms with Gasteiger partial charge in [0.2, 0.25) is 0 Å². The topological polar surface area (TPSA) is 33.1 Å². The van der Waals surface area contributed by atoms with Gasteiger partial charge in [-0.1, -0.05) is 36.4 Å². The first kappa shape index (κ1) is 13.8. The minimum atomic E-state index is -0.650. The fourth-order valence-electron chi connectivity index (χ4n) is 2.80. The molecule has 0 fully saturated rings. The molecule has 1 heterocycles. The number of aliphatic hydroxyl groups excluding tert-OH is 1. The van der Waals surface area contributed by atoms with E-state index in [2.05, 4.69) is 31.0 Å². The highest BCUT2D eigenvalue weighted by Gasteiger charge is 2.16. The van der Waals surface area contributed by atoms with Gasteiger partial charge in [0.25, 0.3) is 0 Å². The molecule has 3 rings (SSSR count). The lowest BCUT2D eigenvalue weighted by atomic mass is 9.92. The van der Waals surface area contributed by atoms with Gasteiger partial charge in [-0.25, -0.2) is 0 Å². The van der Waals surface area contributed by atoms with Crippen LogP contribution in [0.5, 0.6) is 0 Å². The summed E-state index contributed by atoms with van der Waals surface area (Å²) in [6, 6.07) is 12.2. The van der Waals surface area contributed by atoms with Crippen LogP contribution in [0.4, 0.5) is 0 Å². The molecule has 1 N–H and O–H groups in total. The Labute approximate surface area is 125 Å². The van der Waals surface area contributed by atoms with Crippen molar-refractivity contribution in [2.45, 2.75) is 26.9 Å². The lowest BCUT2D eigenvalue weighted by Crippen LogP contribution is -2.04. The van der Waals surface area contributed by atoms with Crippen LogP contribution in [0, 0.1) is 20.8 Å². The predicted octanol–water partition coefficient (Wildman–Crippen LogP) is 4.24. The summed E-state index contributed by atoms with van der Waals surface area (Å²) < 4.78 is 0. The molecule has 21 heavy (non-hydrogen) atoms. The van der Waals surface area contributed by atoms with Gasteiger partial charge in [-0.2, -0.15) is 0 Å². The summed E-state index contributed by atoms with van der Waals surface area (Å²) in [6.45, 7) is 6.22. The fraction of sp³-hybridized carbons (Fsp3) is 0.211. The average molecular weight is 277 g/mol. The van der Waals surface area contributed by atoms with E-state index in [-0.39, 0.29) is 0 Å². The smallest absolute Gasteiger partial charge is 0.106 e. The van der Waals surface area contributed by atoms with E-state index < -0.39 is 6.10 Å². The molecular weight excluding hydrogens is 258 g/mol. The molecule has 0 aliphatic rings. The maximum atomic E-state index is 10.8. The second-order valence-corrected chi connectivity index (χ2v) is 5.65. The summed E-state index contributed by atoms with van der Waals surface area (Å²) in [4.78, 5) is 4.27. The van der Waals surface area contributed by atoms with Crippen LogP contribution in [-0.2, 0) is 0 Å². The number of hydrogen-bond acceptors (Lipinski definition) is 2. The van der Waals surface area contributed by atoms with Gasteiger partial charge in [0.05, 0.1) is 0 Å². The quantitative estimate of drug-likeness (QED) is 0.760. The molecule has 0 amide bonds. The number of fused-ring (bicyclic) bond motifs is 1. The van der Waals surface area contributed by atoms with E-state index in [1.807, 2.05) is 37.4 Å². The van der Waals surface area contributed by atoms with E-state index >= 15 is 0 Å². The second kappa shape index (κ2) is 5.30. The molecule has 1 atom stereocenters. The van der Waals surface area contributed by atoms with E-state index in [1.165, 1.54) is 11.1 Å². The number of rotatable bonds is 2. The molecule has 0 radical (unpaired) electrons. The van der Waals surface area contributed by atoms with Crippen LogP contribution >= 0.6 is 0 Å². The van der Waals surface area contributed by atoms with Crippen LogP contribution in [0.3, 0.4) is 0 Å². The van der Waals surface area contributed by atoms with Gasteiger partial charge < -0.3 is 5.11 Å². The molecule has 0 aliphatic heterocycles. The Balaban J connectivity index is 2.17. The van der Waals surface area contributed by atoms with E-state index in [4.69, 9.17) is 0 Å². The number of aromatic nitrogens is 1. The van der Waals surface area contributed by atoms with E-state index in [0.717, 1.165) is 27.5 Å². The summed E-state index contributed by atoms with van der Waals surface area (Å²) in [5.74, 6) is 0. The molecule has 0 saturated heterocycles. The van der Waals surface area contributed by atoms with Crippen LogP contribution in [-0.4, -0.2) is 10.1 Å². The number of nitrogens with zero attached hydrogens (tertiary/aromatic N) is 1. The van der Waals surface area contributed by atoms with E-state index in [9.17, 15) is 5.11 Å². The minimum Gasteiger partial charge on any atom is -0.384 e. The third-order valence-corrected chi connectivity index (χ3v) is 4.17. The van der Waals surface area contributed by atoms with Gasteiger partial charge in [0, 0.05) is 23.3 Å². The third-order valence-electron chi connectivity index (χ3n) is 4.17. The van der Waals surface area contributed by atoms with Crippen molar-refractivity contribution in [2.75, 3.05) is 0 Å². The van der Waals surface area contributed by atoms with Crippen molar-refractivity contribution in [3.8, 4) is 0 Å². The van der Waals surface area contributed by atoms with Crippen molar-refractivity contribution in [1.82, 2.24) is 4.98 Å². The van der Waals surface area contributed by atoms with E-state index in [0.29, 0.717) is 0 Å². The highest BCUT2D eigenvalue weighted by atomic mass is 16.3. The maximum absolute atomic E-state index is 10.8. The largest absolute Gasteiger partial charge is 0.384 e. The zero-order valence-electron chi connectivity index (χ0n) is 12.6. The van der Waals surface area contributed by atoms with Crippen LogP contribution < -0.4 is 0 Å². The highest BCUT2D eigenvalue weighted by molar-refractivity contribution is 5.85. The number of hydrogen-bond donors (Lipinski definition) is 1. The molecule has 2 aromatic carbocycles. The molecule has 1 unspecified atom stereocenters. The first-order valence-electron chi connectivity index (χ1n) is 7.16. The van der Waals surface area contributed by atoms with Crippen LogP contribution in [0.1, 0.15) is 33.9 Å². The zero-order valence-corrected chi connectivity index (χ0v) is 12.6. The summed E-state index contributed by atoms with van der Waals surface area (Å²) in [5, 5.41) is 13.0. The molecule has 0 bridgehead atoms.